The highest BCUT2D eigenvalue weighted by Gasteiger charge is 2.30. The number of nitrogens with one attached hydrogen (secondary N) is 1. The molecule has 0 amide bonds. The highest BCUT2D eigenvalue weighted by molar-refractivity contribution is 4.87. The van der Waals surface area contributed by atoms with Crippen molar-refractivity contribution >= 4 is 0 Å². The second-order valence-corrected chi connectivity index (χ2v) is 5.13. The lowest BCUT2D eigenvalue weighted by Gasteiger charge is -2.24. The standard InChI is InChI=1S/C12H23N/c1-9(11-5-3-4-6-11)13-10(2)12-7-8-12/h9-13H,3-8H2,1-2H3/t9-,10?/m0/s1. The van der Waals surface area contributed by atoms with Crippen LogP contribution in [0.3, 0.4) is 0 Å². The fourth-order valence-corrected chi connectivity index (χ4v) is 2.74. The highest BCUT2D eigenvalue weighted by Crippen LogP contribution is 2.34. The average molecular weight is 181 g/mol. The molecule has 0 bridgehead atoms. The minimum absolute atomic E-state index is 0.762. The fourth-order valence-electron chi connectivity index (χ4n) is 2.74. The molecule has 0 aromatic rings. The van der Waals surface area contributed by atoms with E-state index in [-0.39, 0.29) is 0 Å². The Hall–Kier alpha value is -0.0400. The van der Waals surface area contributed by atoms with E-state index < -0.39 is 0 Å². The van der Waals surface area contributed by atoms with Crippen molar-refractivity contribution in [3.63, 3.8) is 0 Å². The average Bonchev–Trinajstić information content (AvgIpc) is 2.81. The van der Waals surface area contributed by atoms with E-state index in [1.807, 2.05) is 0 Å². The van der Waals surface area contributed by atoms with Crippen molar-refractivity contribution in [2.75, 3.05) is 0 Å². The van der Waals surface area contributed by atoms with Crippen molar-refractivity contribution in [1.29, 1.82) is 0 Å². The van der Waals surface area contributed by atoms with Gasteiger partial charge in [-0.2, -0.15) is 0 Å². The van der Waals surface area contributed by atoms with Crippen LogP contribution in [0.25, 0.3) is 0 Å². The van der Waals surface area contributed by atoms with E-state index in [0.29, 0.717) is 0 Å². The van der Waals surface area contributed by atoms with Gasteiger partial charge in [0.05, 0.1) is 0 Å². The van der Waals surface area contributed by atoms with Gasteiger partial charge in [0.15, 0.2) is 0 Å². The Morgan fingerprint density at radius 1 is 0.846 bits per heavy atom. The van der Waals surface area contributed by atoms with E-state index in [9.17, 15) is 0 Å². The molecule has 76 valence electrons. The summed E-state index contributed by atoms with van der Waals surface area (Å²) in [7, 11) is 0. The van der Waals surface area contributed by atoms with Crippen molar-refractivity contribution in [2.24, 2.45) is 11.8 Å². The van der Waals surface area contributed by atoms with Crippen molar-refractivity contribution in [3.8, 4) is 0 Å². The van der Waals surface area contributed by atoms with Gasteiger partial charge in [-0.15, -0.1) is 0 Å². The summed E-state index contributed by atoms with van der Waals surface area (Å²) < 4.78 is 0. The molecule has 0 saturated heterocycles. The zero-order chi connectivity index (χ0) is 9.26. The van der Waals surface area contributed by atoms with Gasteiger partial charge >= 0.3 is 0 Å². The maximum atomic E-state index is 3.78. The zero-order valence-electron chi connectivity index (χ0n) is 9.05. The van der Waals surface area contributed by atoms with Gasteiger partial charge in [-0.3, -0.25) is 0 Å². The molecule has 1 N–H and O–H groups in total. The predicted octanol–water partition coefficient (Wildman–Crippen LogP) is 2.95. The number of rotatable bonds is 4. The molecule has 2 fully saturated rings. The number of hydrogen-bond acceptors (Lipinski definition) is 1. The molecular formula is C12H23N. The Balaban J connectivity index is 1.72. The summed E-state index contributed by atoms with van der Waals surface area (Å²) >= 11 is 0. The van der Waals surface area contributed by atoms with E-state index in [2.05, 4.69) is 19.2 Å². The Morgan fingerprint density at radius 3 is 1.77 bits per heavy atom. The third kappa shape index (κ3) is 2.46. The van der Waals surface area contributed by atoms with E-state index in [4.69, 9.17) is 0 Å². The van der Waals surface area contributed by atoms with Gasteiger partial charge in [0.1, 0.15) is 0 Å². The molecule has 2 rings (SSSR count). The molecule has 0 aliphatic heterocycles. The lowest BCUT2D eigenvalue weighted by atomic mass is 9.98. The molecule has 1 unspecified atom stereocenters. The fraction of sp³-hybridized carbons (Fsp3) is 1.00. The van der Waals surface area contributed by atoms with Gasteiger partial charge in [0, 0.05) is 12.1 Å². The van der Waals surface area contributed by atoms with Crippen LogP contribution in [0.2, 0.25) is 0 Å². The molecule has 2 aliphatic rings. The van der Waals surface area contributed by atoms with Crippen LogP contribution in [0.4, 0.5) is 0 Å². The van der Waals surface area contributed by atoms with Crippen LogP contribution in [-0.2, 0) is 0 Å². The lowest BCUT2D eigenvalue weighted by molar-refractivity contribution is 0.334. The molecule has 2 aliphatic carbocycles. The zero-order valence-corrected chi connectivity index (χ0v) is 9.05. The van der Waals surface area contributed by atoms with Gasteiger partial charge in [-0.05, 0) is 51.4 Å². The molecular weight excluding hydrogens is 158 g/mol. The first kappa shape index (κ1) is 9.51. The summed E-state index contributed by atoms with van der Waals surface area (Å²) in [4.78, 5) is 0. The Morgan fingerprint density at radius 2 is 1.31 bits per heavy atom. The molecule has 2 atom stereocenters. The highest BCUT2D eigenvalue weighted by atomic mass is 15.0. The first-order chi connectivity index (χ1) is 6.27. The summed E-state index contributed by atoms with van der Waals surface area (Å²) in [6, 6.07) is 1.54. The van der Waals surface area contributed by atoms with Crippen LogP contribution in [0, 0.1) is 11.8 Å². The summed E-state index contributed by atoms with van der Waals surface area (Å²) in [5, 5.41) is 3.78. The SMILES string of the molecule is CC(N[C@@H](C)C1CCCC1)C1CC1. The summed E-state index contributed by atoms with van der Waals surface area (Å²) in [5.74, 6) is 1.98. The quantitative estimate of drug-likeness (QED) is 0.703. The maximum Gasteiger partial charge on any atom is 0.00695 e. The van der Waals surface area contributed by atoms with E-state index in [1.54, 1.807) is 0 Å². The van der Waals surface area contributed by atoms with Crippen LogP contribution in [0.15, 0.2) is 0 Å². The maximum absolute atomic E-state index is 3.78. The number of hydrogen-bond donors (Lipinski definition) is 1. The minimum Gasteiger partial charge on any atom is -0.311 e. The molecule has 1 nitrogen and oxygen atoms in total. The van der Waals surface area contributed by atoms with Gasteiger partial charge in [0.25, 0.3) is 0 Å². The first-order valence-corrected chi connectivity index (χ1v) is 6.03. The summed E-state index contributed by atoms with van der Waals surface area (Å²) in [6.45, 7) is 4.75. The molecule has 0 aromatic heterocycles. The van der Waals surface area contributed by atoms with E-state index in [1.165, 1.54) is 38.5 Å². The topological polar surface area (TPSA) is 12.0 Å². The predicted molar refractivity (Wildman–Crippen MR) is 56.7 cm³/mol. The van der Waals surface area contributed by atoms with E-state index in [0.717, 1.165) is 23.9 Å². The van der Waals surface area contributed by atoms with Crippen LogP contribution in [0.5, 0.6) is 0 Å². The summed E-state index contributed by atoms with van der Waals surface area (Å²) in [6.07, 6.45) is 8.79. The Labute approximate surface area is 82.3 Å². The van der Waals surface area contributed by atoms with Crippen LogP contribution in [-0.4, -0.2) is 12.1 Å². The molecule has 0 heterocycles. The van der Waals surface area contributed by atoms with Crippen LogP contribution in [0.1, 0.15) is 52.4 Å². The normalized spacial score (nSPS) is 29.1. The second-order valence-electron chi connectivity index (χ2n) is 5.13. The molecule has 2 saturated carbocycles. The van der Waals surface area contributed by atoms with Crippen molar-refractivity contribution in [3.05, 3.63) is 0 Å². The molecule has 0 aromatic carbocycles. The minimum atomic E-state index is 0.762. The molecule has 1 heteroatoms. The van der Waals surface area contributed by atoms with E-state index >= 15 is 0 Å². The second kappa shape index (κ2) is 4.00. The van der Waals surface area contributed by atoms with Gasteiger partial charge in [-0.25, -0.2) is 0 Å². The Bertz CT molecular complexity index is 157. The van der Waals surface area contributed by atoms with Gasteiger partial charge in [0.2, 0.25) is 0 Å². The van der Waals surface area contributed by atoms with Gasteiger partial charge in [-0.1, -0.05) is 12.8 Å². The molecule has 0 radical (unpaired) electrons. The third-order valence-corrected chi connectivity index (χ3v) is 3.96. The van der Waals surface area contributed by atoms with Crippen LogP contribution >= 0.6 is 0 Å². The first-order valence-electron chi connectivity index (χ1n) is 6.03. The van der Waals surface area contributed by atoms with Crippen LogP contribution < -0.4 is 5.32 Å². The Kier molecular flexibility index (Phi) is 2.92. The van der Waals surface area contributed by atoms with Gasteiger partial charge < -0.3 is 5.32 Å². The van der Waals surface area contributed by atoms with Crippen molar-refractivity contribution in [1.82, 2.24) is 5.32 Å². The lowest BCUT2D eigenvalue weighted by Crippen LogP contribution is -2.39. The van der Waals surface area contributed by atoms with Crippen molar-refractivity contribution in [2.45, 2.75) is 64.5 Å². The van der Waals surface area contributed by atoms with Crippen molar-refractivity contribution < 1.29 is 0 Å². The third-order valence-electron chi connectivity index (χ3n) is 3.96. The molecule has 13 heavy (non-hydrogen) atoms. The smallest absolute Gasteiger partial charge is 0.00695 e. The largest absolute Gasteiger partial charge is 0.311 e. The summed E-state index contributed by atoms with van der Waals surface area (Å²) in [5.41, 5.74) is 0. The molecule has 0 spiro atoms. The monoisotopic (exact) mass is 181 g/mol.